The van der Waals surface area contributed by atoms with Crippen LogP contribution in [-0.2, 0) is 9.53 Å². The number of unbranched alkanes of at least 4 members (excludes halogenated alkanes) is 1. The molecule has 0 spiro atoms. The Labute approximate surface area is 196 Å². The van der Waals surface area contributed by atoms with Crippen molar-refractivity contribution in [3.05, 3.63) is 66.0 Å². The minimum absolute atomic E-state index is 0.0532. The second-order valence-electron chi connectivity index (χ2n) is 9.18. The molecule has 1 saturated heterocycles. The van der Waals surface area contributed by atoms with Crippen molar-refractivity contribution in [1.29, 1.82) is 0 Å². The van der Waals surface area contributed by atoms with Crippen molar-refractivity contribution in [2.45, 2.75) is 64.0 Å². The summed E-state index contributed by atoms with van der Waals surface area (Å²) in [7, 11) is 0. The Morgan fingerprint density at radius 1 is 1.18 bits per heavy atom. The number of hydrazone groups is 1. The van der Waals surface area contributed by atoms with E-state index in [0.717, 1.165) is 62.1 Å². The molecule has 2 heterocycles. The van der Waals surface area contributed by atoms with Crippen LogP contribution in [0.15, 0.2) is 59.7 Å². The molecule has 0 bridgehead atoms. The number of hydrogen-bond donors (Lipinski definition) is 1. The highest BCUT2D eigenvalue weighted by molar-refractivity contribution is 6.10. The Morgan fingerprint density at radius 2 is 1.94 bits per heavy atom. The maximum atomic E-state index is 13.9. The number of nitrogens with zero attached hydrogens (tertiary/aromatic N) is 2. The molecule has 1 amide bonds. The molecular weight excluding hydrogens is 417 g/mol. The number of benzene rings is 2. The standard InChI is InChI=1S/C27H34FN3O2/c1-3-4-13-24-25(20-14-16-21(28)17-15-20)30-31(22-10-6-5-7-11-22)27(24,2)26(32)29-19-23-12-8-9-18-33-23/h5-7,10-11,14-17,23-24H,3-4,8-9,12-13,18-19H2,1-2H3,(H,29,32). The number of amides is 1. The summed E-state index contributed by atoms with van der Waals surface area (Å²) < 4.78 is 19.5. The largest absolute Gasteiger partial charge is 0.376 e. The summed E-state index contributed by atoms with van der Waals surface area (Å²) >= 11 is 0. The van der Waals surface area contributed by atoms with E-state index >= 15 is 0 Å². The normalized spacial score (nSPS) is 25.1. The number of carbonyl (C=O) groups is 1. The first-order valence-corrected chi connectivity index (χ1v) is 12.1. The Balaban J connectivity index is 1.69. The molecule has 0 aromatic heterocycles. The van der Waals surface area contributed by atoms with Gasteiger partial charge in [0.05, 0.1) is 17.5 Å². The summed E-state index contributed by atoms with van der Waals surface area (Å²) in [5.41, 5.74) is 1.64. The van der Waals surface area contributed by atoms with Crippen molar-refractivity contribution in [1.82, 2.24) is 5.32 Å². The Morgan fingerprint density at radius 3 is 2.61 bits per heavy atom. The van der Waals surface area contributed by atoms with E-state index in [4.69, 9.17) is 9.84 Å². The van der Waals surface area contributed by atoms with E-state index in [1.54, 1.807) is 12.1 Å². The van der Waals surface area contributed by atoms with Crippen LogP contribution in [-0.4, -0.2) is 36.4 Å². The lowest BCUT2D eigenvalue weighted by molar-refractivity contribution is -0.127. The highest BCUT2D eigenvalue weighted by atomic mass is 19.1. The molecule has 0 aliphatic carbocycles. The third kappa shape index (κ3) is 4.96. The first-order valence-electron chi connectivity index (χ1n) is 12.1. The highest BCUT2D eigenvalue weighted by Crippen LogP contribution is 2.41. The smallest absolute Gasteiger partial charge is 0.248 e. The number of hydrogen-bond acceptors (Lipinski definition) is 4. The molecule has 0 saturated carbocycles. The summed E-state index contributed by atoms with van der Waals surface area (Å²) in [4.78, 5) is 13.9. The van der Waals surface area contributed by atoms with Crippen LogP contribution >= 0.6 is 0 Å². The van der Waals surface area contributed by atoms with Gasteiger partial charge in [-0.2, -0.15) is 5.10 Å². The van der Waals surface area contributed by atoms with Gasteiger partial charge >= 0.3 is 0 Å². The quantitative estimate of drug-likeness (QED) is 0.593. The number of nitrogens with one attached hydrogen (secondary N) is 1. The van der Waals surface area contributed by atoms with Gasteiger partial charge in [0.25, 0.3) is 0 Å². The maximum absolute atomic E-state index is 13.9. The molecule has 3 unspecified atom stereocenters. The molecule has 1 N–H and O–H groups in total. The lowest BCUT2D eigenvalue weighted by Crippen LogP contribution is -2.58. The van der Waals surface area contributed by atoms with Gasteiger partial charge in [-0.3, -0.25) is 4.79 Å². The lowest BCUT2D eigenvalue weighted by Gasteiger charge is -2.38. The van der Waals surface area contributed by atoms with Crippen LogP contribution in [0.2, 0.25) is 0 Å². The maximum Gasteiger partial charge on any atom is 0.248 e. The van der Waals surface area contributed by atoms with E-state index in [-0.39, 0.29) is 23.7 Å². The number of anilines is 1. The van der Waals surface area contributed by atoms with Gasteiger partial charge in [0.2, 0.25) is 5.91 Å². The van der Waals surface area contributed by atoms with Gasteiger partial charge in [-0.1, -0.05) is 50.1 Å². The van der Waals surface area contributed by atoms with Crippen LogP contribution in [0.4, 0.5) is 10.1 Å². The zero-order valence-electron chi connectivity index (χ0n) is 19.6. The Bertz CT molecular complexity index is 957. The van der Waals surface area contributed by atoms with E-state index in [2.05, 4.69) is 12.2 Å². The molecule has 2 aliphatic rings. The van der Waals surface area contributed by atoms with Crippen LogP contribution in [0, 0.1) is 11.7 Å². The van der Waals surface area contributed by atoms with Crippen molar-refractivity contribution >= 4 is 17.3 Å². The summed E-state index contributed by atoms with van der Waals surface area (Å²) in [5.74, 6) is -0.465. The van der Waals surface area contributed by atoms with Crippen molar-refractivity contribution < 1.29 is 13.9 Å². The van der Waals surface area contributed by atoms with E-state index in [9.17, 15) is 9.18 Å². The van der Waals surface area contributed by atoms with Crippen molar-refractivity contribution in [3.8, 4) is 0 Å². The molecule has 2 aromatic carbocycles. The second kappa shape index (κ2) is 10.5. The molecular formula is C27H34FN3O2. The fourth-order valence-electron chi connectivity index (χ4n) is 4.90. The lowest BCUT2D eigenvalue weighted by atomic mass is 9.77. The summed E-state index contributed by atoms with van der Waals surface area (Å²) in [6, 6.07) is 16.2. The molecule has 2 aliphatic heterocycles. The van der Waals surface area contributed by atoms with Gasteiger partial charge in [0.15, 0.2) is 0 Å². The van der Waals surface area contributed by atoms with Crippen LogP contribution in [0.3, 0.4) is 0 Å². The average molecular weight is 452 g/mol. The van der Waals surface area contributed by atoms with Gasteiger partial charge in [-0.15, -0.1) is 0 Å². The zero-order valence-corrected chi connectivity index (χ0v) is 19.6. The summed E-state index contributed by atoms with van der Waals surface area (Å²) in [6.45, 7) is 5.39. The van der Waals surface area contributed by atoms with E-state index < -0.39 is 5.54 Å². The average Bonchev–Trinajstić information content (AvgIpc) is 3.16. The van der Waals surface area contributed by atoms with Gasteiger partial charge in [-0.25, -0.2) is 9.40 Å². The fourth-order valence-corrected chi connectivity index (χ4v) is 4.90. The zero-order chi connectivity index (χ0) is 23.3. The molecule has 1 fully saturated rings. The van der Waals surface area contributed by atoms with Gasteiger partial charge in [0, 0.05) is 19.1 Å². The third-order valence-electron chi connectivity index (χ3n) is 6.87. The van der Waals surface area contributed by atoms with E-state index in [1.807, 2.05) is 42.3 Å². The summed E-state index contributed by atoms with van der Waals surface area (Å²) in [6.07, 6.45) is 6.05. The van der Waals surface area contributed by atoms with Crippen molar-refractivity contribution in [2.24, 2.45) is 11.0 Å². The molecule has 3 atom stereocenters. The van der Waals surface area contributed by atoms with Crippen LogP contribution in [0.5, 0.6) is 0 Å². The number of rotatable bonds is 8. The Kier molecular flexibility index (Phi) is 7.43. The Hall–Kier alpha value is -2.73. The van der Waals surface area contributed by atoms with Crippen LogP contribution in [0.1, 0.15) is 57.9 Å². The third-order valence-corrected chi connectivity index (χ3v) is 6.87. The first-order chi connectivity index (χ1) is 16.0. The second-order valence-corrected chi connectivity index (χ2v) is 9.18. The molecule has 5 nitrogen and oxygen atoms in total. The van der Waals surface area contributed by atoms with Gasteiger partial charge in [0.1, 0.15) is 11.4 Å². The topological polar surface area (TPSA) is 53.9 Å². The van der Waals surface area contributed by atoms with E-state index in [0.29, 0.717) is 6.54 Å². The highest BCUT2D eigenvalue weighted by Gasteiger charge is 2.53. The predicted molar refractivity (Wildman–Crippen MR) is 130 cm³/mol. The first kappa shape index (κ1) is 23.4. The van der Waals surface area contributed by atoms with Crippen molar-refractivity contribution in [3.63, 3.8) is 0 Å². The minimum Gasteiger partial charge on any atom is -0.376 e. The molecule has 6 heteroatoms. The number of ether oxygens (including phenoxy) is 1. The monoisotopic (exact) mass is 451 g/mol. The SMILES string of the molecule is CCCCC1C(c2ccc(F)cc2)=NN(c2ccccc2)C1(C)C(=O)NCC1CCCCO1. The molecule has 176 valence electrons. The van der Waals surface area contributed by atoms with E-state index in [1.165, 1.54) is 12.1 Å². The molecule has 0 radical (unpaired) electrons. The van der Waals surface area contributed by atoms with Gasteiger partial charge in [-0.05, 0) is 62.4 Å². The molecule has 4 rings (SSSR count). The molecule has 2 aromatic rings. The van der Waals surface area contributed by atoms with Crippen LogP contribution in [0.25, 0.3) is 0 Å². The predicted octanol–water partition coefficient (Wildman–Crippen LogP) is 5.30. The molecule has 33 heavy (non-hydrogen) atoms. The van der Waals surface area contributed by atoms with Crippen LogP contribution < -0.4 is 10.3 Å². The number of para-hydroxylation sites is 1. The van der Waals surface area contributed by atoms with Crippen molar-refractivity contribution in [2.75, 3.05) is 18.2 Å². The number of carbonyl (C=O) groups excluding carboxylic acids is 1. The minimum atomic E-state index is -0.908. The fraction of sp³-hybridized carbons (Fsp3) is 0.481. The number of halogens is 1. The van der Waals surface area contributed by atoms with Gasteiger partial charge < -0.3 is 10.1 Å². The summed E-state index contributed by atoms with van der Waals surface area (Å²) in [5, 5.41) is 10.0.